The largest absolute Gasteiger partial charge is 0.363 e. The molecule has 1 unspecified atom stereocenters. The van der Waals surface area contributed by atoms with Crippen molar-refractivity contribution in [1.29, 1.82) is 0 Å². The van der Waals surface area contributed by atoms with E-state index < -0.39 is 11.9 Å². The molecule has 84 valence electrons. The molecular weight excluding hydrogens is 212 g/mol. The van der Waals surface area contributed by atoms with Gasteiger partial charge in [-0.15, -0.1) is 0 Å². The Balaban J connectivity index is 2.26. The van der Waals surface area contributed by atoms with Crippen LogP contribution < -0.4 is 11.5 Å². The van der Waals surface area contributed by atoms with Gasteiger partial charge in [0, 0.05) is 18.8 Å². The summed E-state index contributed by atoms with van der Waals surface area (Å²) < 4.78 is 6.43. The van der Waals surface area contributed by atoms with E-state index in [4.69, 9.17) is 16.0 Å². The van der Waals surface area contributed by atoms with Crippen LogP contribution in [-0.4, -0.2) is 25.8 Å². The zero-order valence-corrected chi connectivity index (χ0v) is 8.49. The lowest BCUT2D eigenvalue weighted by Gasteiger charge is -2.01. The predicted molar refractivity (Wildman–Crippen MR) is 52.1 cm³/mol. The minimum absolute atomic E-state index is 0.127. The summed E-state index contributed by atoms with van der Waals surface area (Å²) in [5.41, 5.74) is 11.5. The fraction of sp³-hybridized carbons (Fsp3) is 0.250. The molecule has 0 fully saturated rings. The normalized spacial score (nSPS) is 12.6. The highest BCUT2D eigenvalue weighted by atomic mass is 16.5. The maximum absolute atomic E-state index is 10.8. The van der Waals surface area contributed by atoms with Crippen LogP contribution >= 0.6 is 0 Å². The lowest BCUT2D eigenvalue weighted by molar-refractivity contribution is 0.0987. The molecule has 1 amide bonds. The lowest BCUT2D eigenvalue weighted by atomic mass is 10.2. The molecule has 0 spiro atoms. The highest BCUT2D eigenvalue weighted by Crippen LogP contribution is 2.16. The van der Waals surface area contributed by atoms with Crippen molar-refractivity contribution in [3.05, 3.63) is 29.7 Å². The summed E-state index contributed by atoms with van der Waals surface area (Å²) in [6.07, 6.45) is 3.30. The zero-order valence-electron chi connectivity index (χ0n) is 8.49. The Bertz CT molecular complexity index is 516. The van der Waals surface area contributed by atoms with E-state index in [2.05, 4.69) is 15.2 Å². The fourth-order valence-corrected chi connectivity index (χ4v) is 1.20. The minimum Gasteiger partial charge on any atom is -0.363 e. The molecular formula is C8H10N6O2. The van der Waals surface area contributed by atoms with Gasteiger partial charge >= 0.3 is 0 Å². The van der Waals surface area contributed by atoms with Gasteiger partial charge < -0.3 is 16.0 Å². The molecule has 2 aromatic rings. The highest BCUT2D eigenvalue weighted by Gasteiger charge is 2.19. The van der Waals surface area contributed by atoms with E-state index in [9.17, 15) is 4.79 Å². The Kier molecular flexibility index (Phi) is 2.41. The molecule has 2 heterocycles. The van der Waals surface area contributed by atoms with Crippen molar-refractivity contribution in [3.8, 4) is 0 Å². The van der Waals surface area contributed by atoms with Crippen molar-refractivity contribution in [3.63, 3.8) is 0 Å². The first-order valence-corrected chi connectivity index (χ1v) is 4.45. The molecule has 0 saturated heterocycles. The van der Waals surface area contributed by atoms with Crippen molar-refractivity contribution in [2.45, 2.75) is 6.04 Å². The number of rotatable bonds is 3. The van der Waals surface area contributed by atoms with E-state index in [0.29, 0.717) is 5.56 Å². The summed E-state index contributed by atoms with van der Waals surface area (Å²) in [4.78, 5) is 14.5. The number of hydrogen-bond acceptors (Lipinski definition) is 6. The van der Waals surface area contributed by atoms with Crippen molar-refractivity contribution >= 4 is 5.91 Å². The van der Waals surface area contributed by atoms with Gasteiger partial charge in [-0.25, -0.2) is 0 Å². The minimum atomic E-state index is -0.756. The fourth-order valence-electron chi connectivity index (χ4n) is 1.20. The van der Waals surface area contributed by atoms with E-state index in [-0.39, 0.29) is 11.7 Å². The van der Waals surface area contributed by atoms with Crippen molar-refractivity contribution < 1.29 is 9.32 Å². The van der Waals surface area contributed by atoms with Crippen LogP contribution in [0.15, 0.2) is 16.9 Å². The summed E-state index contributed by atoms with van der Waals surface area (Å²) in [6.45, 7) is 0. The first-order valence-electron chi connectivity index (χ1n) is 4.45. The highest BCUT2D eigenvalue weighted by molar-refractivity contribution is 5.88. The third-order valence-electron chi connectivity index (χ3n) is 2.01. The van der Waals surface area contributed by atoms with Gasteiger partial charge in [0.15, 0.2) is 0 Å². The van der Waals surface area contributed by atoms with Crippen LogP contribution in [0, 0.1) is 0 Å². The number of primary amides is 1. The van der Waals surface area contributed by atoms with Crippen LogP contribution in [0.2, 0.25) is 0 Å². The Hall–Kier alpha value is -2.22. The average Bonchev–Trinajstić information content (AvgIpc) is 2.84. The third kappa shape index (κ3) is 1.77. The predicted octanol–water partition coefficient (Wildman–Crippen LogP) is -1.05. The summed E-state index contributed by atoms with van der Waals surface area (Å²) in [5, 5.41) is 7.36. The summed E-state index contributed by atoms with van der Waals surface area (Å²) in [7, 11) is 1.76. The van der Waals surface area contributed by atoms with Crippen LogP contribution in [0.5, 0.6) is 0 Å². The van der Waals surface area contributed by atoms with E-state index in [1.165, 1.54) is 0 Å². The molecule has 8 heteroatoms. The van der Waals surface area contributed by atoms with Crippen LogP contribution in [0.3, 0.4) is 0 Å². The van der Waals surface area contributed by atoms with E-state index in [1.54, 1.807) is 24.1 Å². The van der Waals surface area contributed by atoms with Crippen molar-refractivity contribution in [2.75, 3.05) is 0 Å². The maximum atomic E-state index is 10.8. The van der Waals surface area contributed by atoms with Gasteiger partial charge in [0.05, 0.1) is 6.20 Å². The SMILES string of the molecule is Cn1cc(C(N)c2nc(C(N)=O)no2)cn1. The van der Waals surface area contributed by atoms with E-state index >= 15 is 0 Å². The number of carbonyl (C=O) groups is 1. The number of nitrogens with zero attached hydrogens (tertiary/aromatic N) is 4. The summed E-state index contributed by atoms with van der Waals surface area (Å²) in [5.74, 6) is -0.815. The molecule has 8 nitrogen and oxygen atoms in total. The smallest absolute Gasteiger partial charge is 0.290 e. The maximum Gasteiger partial charge on any atom is 0.290 e. The first-order chi connectivity index (χ1) is 7.58. The number of carbonyl (C=O) groups excluding carboxylic acids is 1. The van der Waals surface area contributed by atoms with Gasteiger partial charge in [0.1, 0.15) is 6.04 Å². The molecule has 1 atom stereocenters. The number of nitrogens with two attached hydrogens (primary N) is 2. The number of aryl methyl sites for hydroxylation is 1. The Morgan fingerprint density at radius 3 is 2.88 bits per heavy atom. The van der Waals surface area contributed by atoms with Crippen LogP contribution in [0.25, 0.3) is 0 Å². The molecule has 0 aliphatic rings. The average molecular weight is 222 g/mol. The van der Waals surface area contributed by atoms with Crippen molar-refractivity contribution in [2.24, 2.45) is 18.5 Å². The number of amides is 1. The molecule has 0 saturated carbocycles. The number of aromatic nitrogens is 4. The second-order valence-electron chi connectivity index (χ2n) is 3.25. The van der Waals surface area contributed by atoms with Gasteiger partial charge in [-0.05, 0) is 0 Å². The van der Waals surface area contributed by atoms with Gasteiger partial charge in [0.2, 0.25) is 5.89 Å². The lowest BCUT2D eigenvalue weighted by Crippen LogP contribution is -2.15. The topological polar surface area (TPSA) is 126 Å². The standard InChI is InChI=1S/C8H10N6O2/c1-14-3-4(2-11-14)5(9)8-12-7(6(10)15)13-16-8/h2-3,5H,9H2,1H3,(H2,10,15). The van der Waals surface area contributed by atoms with Crippen LogP contribution in [0.4, 0.5) is 0 Å². The summed E-state index contributed by atoms with van der Waals surface area (Å²) >= 11 is 0. The van der Waals surface area contributed by atoms with E-state index in [1.807, 2.05) is 0 Å². The Morgan fingerprint density at radius 1 is 1.62 bits per heavy atom. The van der Waals surface area contributed by atoms with Crippen LogP contribution in [-0.2, 0) is 7.05 Å². The molecule has 2 aromatic heterocycles. The molecule has 4 N–H and O–H groups in total. The third-order valence-corrected chi connectivity index (χ3v) is 2.01. The molecule has 0 radical (unpaired) electrons. The number of hydrogen-bond donors (Lipinski definition) is 2. The molecule has 0 aromatic carbocycles. The molecule has 0 aliphatic heterocycles. The monoisotopic (exact) mass is 222 g/mol. The molecule has 16 heavy (non-hydrogen) atoms. The van der Waals surface area contributed by atoms with Crippen molar-refractivity contribution in [1.82, 2.24) is 19.9 Å². The Labute approximate surface area is 90.2 Å². The molecule has 0 aliphatic carbocycles. The second kappa shape index (κ2) is 3.74. The van der Waals surface area contributed by atoms with Gasteiger partial charge in [-0.1, -0.05) is 5.16 Å². The quantitative estimate of drug-likeness (QED) is 0.682. The van der Waals surface area contributed by atoms with Gasteiger partial charge in [0.25, 0.3) is 11.7 Å². The van der Waals surface area contributed by atoms with Gasteiger partial charge in [-0.2, -0.15) is 10.1 Å². The van der Waals surface area contributed by atoms with Crippen LogP contribution in [0.1, 0.15) is 28.1 Å². The Morgan fingerprint density at radius 2 is 2.38 bits per heavy atom. The summed E-state index contributed by atoms with van der Waals surface area (Å²) in [6, 6.07) is -0.616. The molecule has 2 rings (SSSR count). The first kappa shape index (κ1) is 10.3. The second-order valence-corrected chi connectivity index (χ2v) is 3.25. The van der Waals surface area contributed by atoms with Gasteiger partial charge in [-0.3, -0.25) is 9.48 Å². The zero-order chi connectivity index (χ0) is 11.7. The molecule has 0 bridgehead atoms. The van der Waals surface area contributed by atoms with E-state index in [0.717, 1.165) is 0 Å².